The number of imide groups is 1. The standard InChI is InChI=1S/C23H22N4O5/c28-19(7-11-31-13-14-32-12-10-27-20(29)5-6-21(27)30)26-18-15-16-3-1-8-24-22(16)23-17(18)4-2-9-25-23/h1-6,8-9,15H,7,10-14H2,(H,26,28). The lowest BCUT2D eigenvalue weighted by Gasteiger charge is -2.13. The molecule has 1 aromatic carbocycles. The van der Waals surface area contributed by atoms with E-state index in [2.05, 4.69) is 15.3 Å². The summed E-state index contributed by atoms with van der Waals surface area (Å²) in [5.74, 6) is -0.822. The lowest BCUT2D eigenvalue weighted by atomic mass is 10.1. The number of nitrogens with zero attached hydrogens (tertiary/aromatic N) is 3. The van der Waals surface area contributed by atoms with Crippen LogP contribution in [0.4, 0.5) is 5.69 Å². The van der Waals surface area contributed by atoms with Crippen LogP contribution in [0.2, 0.25) is 0 Å². The number of aromatic nitrogens is 2. The van der Waals surface area contributed by atoms with Gasteiger partial charge in [0, 0.05) is 35.3 Å². The molecule has 4 rings (SSSR count). The Morgan fingerprint density at radius 1 is 0.906 bits per heavy atom. The summed E-state index contributed by atoms with van der Waals surface area (Å²) in [6.45, 7) is 1.30. The molecule has 164 valence electrons. The van der Waals surface area contributed by atoms with E-state index in [4.69, 9.17) is 9.47 Å². The minimum absolute atomic E-state index is 0.169. The molecule has 0 fully saturated rings. The molecule has 0 unspecified atom stereocenters. The van der Waals surface area contributed by atoms with Crippen molar-refractivity contribution in [2.45, 2.75) is 6.42 Å². The van der Waals surface area contributed by atoms with E-state index in [0.717, 1.165) is 26.7 Å². The van der Waals surface area contributed by atoms with Crippen molar-refractivity contribution in [3.05, 3.63) is 54.9 Å². The zero-order chi connectivity index (χ0) is 22.3. The SMILES string of the molecule is O=C(CCOCCOCCN1C(=O)C=CC1=O)Nc1cc2cccnc2c2ncccc12. The summed E-state index contributed by atoms with van der Waals surface area (Å²) >= 11 is 0. The molecule has 0 saturated heterocycles. The third kappa shape index (κ3) is 4.96. The Morgan fingerprint density at radius 3 is 2.38 bits per heavy atom. The van der Waals surface area contributed by atoms with Crippen LogP contribution in [-0.2, 0) is 23.9 Å². The van der Waals surface area contributed by atoms with Crippen molar-refractivity contribution < 1.29 is 23.9 Å². The highest BCUT2D eigenvalue weighted by Crippen LogP contribution is 2.29. The highest BCUT2D eigenvalue weighted by molar-refractivity contribution is 6.13. The third-order valence-corrected chi connectivity index (χ3v) is 4.94. The van der Waals surface area contributed by atoms with Gasteiger partial charge in [-0.2, -0.15) is 0 Å². The predicted octanol–water partition coefficient (Wildman–Crippen LogP) is 2.07. The van der Waals surface area contributed by atoms with E-state index >= 15 is 0 Å². The van der Waals surface area contributed by atoms with Crippen LogP contribution in [0.1, 0.15) is 6.42 Å². The Balaban J connectivity index is 1.20. The van der Waals surface area contributed by atoms with Gasteiger partial charge in [-0.15, -0.1) is 0 Å². The van der Waals surface area contributed by atoms with E-state index in [9.17, 15) is 14.4 Å². The van der Waals surface area contributed by atoms with Gasteiger partial charge in [0.25, 0.3) is 11.8 Å². The van der Waals surface area contributed by atoms with Gasteiger partial charge in [-0.3, -0.25) is 29.3 Å². The Morgan fingerprint density at radius 2 is 1.59 bits per heavy atom. The molecule has 3 amide bonds. The van der Waals surface area contributed by atoms with E-state index in [1.165, 1.54) is 12.2 Å². The Labute approximate surface area is 184 Å². The Kier molecular flexibility index (Phi) is 6.78. The van der Waals surface area contributed by atoms with Gasteiger partial charge < -0.3 is 14.8 Å². The number of pyridine rings is 2. The molecule has 0 spiro atoms. The fourth-order valence-electron chi connectivity index (χ4n) is 3.39. The zero-order valence-electron chi connectivity index (χ0n) is 17.3. The van der Waals surface area contributed by atoms with E-state index in [-0.39, 0.29) is 43.9 Å². The van der Waals surface area contributed by atoms with Crippen LogP contribution in [0, 0.1) is 0 Å². The maximum atomic E-state index is 12.4. The molecule has 9 heteroatoms. The van der Waals surface area contributed by atoms with Crippen molar-refractivity contribution in [3.63, 3.8) is 0 Å². The average Bonchev–Trinajstić information content (AvgIpc) is 3.13. The summed E-state index contributed by atoms with van der Waals surface area (Å²) < 4.78 is 10.8. The summed E-state index contributed by atoms with van der Waals surface area (Å²) in [7, 11) is 0. The molecule has 3 heterocycles. The summed E-state index contributed by atoms with van der Waals surface area (Å²) in [5.41, 5.74) is 2.21. The fraction of sp³-hybridized carbons (Fsp3) is 0.261. The second kappa shape index (κ2) is 10.1. The molecule has 9 nitrogen and oxygen atoms in total. The second-order valence-corrected chi connectivity index (χ2v) is 7.08. The smallest absolute Gasteiger partial charge is 0.253 e. The summed E-state index contributed by atoms with van der Waals surface area (Å²) in [4.78, 5) is 45.2. The molecule has 0 bridgehead atoms. The highest BCUT2D eigenvalue weighted by atomic mass is 16.5. The van der Waals surface area contributed by atoms with Gasteiger partial charge in [0.15, 0.2) is 0 Å². The van der Waals surface area contributed by atoms with Crippen LogP contribution in [0.3, 0.4) is 0 Å². The molecule has 32 heavy (non-hydrogen) atoms. The first-order valence-corrected chi connectivity index (χ1v) is 10.2. The topological polar surface area (TPSA) is 111 Å². The van der Waals surface area contributed by atoms with Crippen molar-refractivity contribution in [2.75, 3.05) is 38.3 Å². The van der Waals surface area contributed by atoms with E-state index in [1.807, 2.05) is 30.3 Å². The third-order valence-electron chi connectivity index (χ3n) is 4.94. The largest absolute Gasteiger partial charge is 0.379 e. The molecule has 0 atom stereocenters. The number of carbonyl (C=O) groups excluding carboxylic acids is 3. The Bertz CT molecular complexity index is 1180. The number of rotatable bonds is 10. The Hall–Kier alpha value is -3.69. The first kappa shape index (κ1) is 21.5. The van der Waals surface area contributed by atoms with Gasteiger partial charge in [-0.1, -0.05) is 6.07 Å². The fourth-order valence-corrected chi connectivity index (χ4v) is 3.39. The molecular formula is C23H22N4O5. The number of hydrogen-bond donors (Lipinski definition) is 1. The summed E-state index contributed by atoms with van der Waals surface area (Å²) in [6.07, 6.45) is 6.10. The minimum Gasteiger partial charge on any atom is -0.379 e. The number of benzene rings is 1. The maximum absolute atomic E-state index is 12.4. The van der Waals surface area contributed by atoms with Crippen molar-refractivity contribution in [3.8, 4) is 0 Å². The first-order chi connectivity index (χ1) is 15.6. The van der Waals surface area contributed by atoms with Gasteiger partial charge >= 0.3 is 0 Å². The van der Waals surface area contributed by atoms with Gasteiger partial charge in [-0.25, -0.2) is 0 Å². The molecular weight excluding hydrogens is 412 g/mol. The van der Waals surface area contributed by atoms with E-state index in [0.29, 0.717) is 18.9 Å². The van der Waals surface area contributed by atoms with Gasteiger partial charge in [-0.05, 0) is 24.3 Å². The number of nitrogens with one attached hydrogen (secondary N) is 1. The normalized spacial score (nSPS) is 13.4. The quantitative estimate of drug-likeness (QED) is 0.295. The maximum Gasteiger partial charge on any atom is 0.253 e. The molecule has 1 N–H and O–H groups in total. The predicted molar refractivity (Wildman–Crippen MR) is 118 cm³/mol. The van der Waals surface area contributed by atoms with Crippen molar-refractivity contribution in [2.24, 2.45) is 0 Å². The number of ether oxygens (including phenoxy) is 2. The molecule has 3 aromatic rings. The molecule has 0 radical (unpaired) electrons. The molecule has 0 aliphatic carbocycles. The number of carbonyl (C=O) groups is 3. The lowest BCUT2D eigenvalue weighted by Crippen LogP contribution is -2.33. The molecule has 2 aromatic heterocycles. The monoisotopic (exact) mass is 434 g/mol. The van der Waals surface area contributed by atoms with Crippen LogP contribution in [0.5, 0.6) is 0 Å². The van der Waals surface area contributed by atoms with Gasteiger partial charge in [0.05, 0.1) is 56.1 Å². The number of anilines is 1. The van der Waals surface area contributed by atoms with Crippen molar-refractivity contribution in [1.29, 1.82) is 0 Å². The van der Waals surface area contributed by atoms with Crippen LogP contribution < -0.4 is 5.32 Å². The highest BCUT2D eigenvalue weighted by Gasteiger charge is 2.22. The lowest BCUT2D eigenvalue weighted by molar-refractivity contribution is -0.137. The van der Waals surface area contributed by atoms with Gasteiger partial charge in [0.2, 0.25) is 5.91 Å². The van der Waals surface area contributed by atoms with Crippen molar-refractivity contribution >= 4 is 45.2 Å². The van der Waals surface area contributed by atoms with Crippen LogP contribution in [0.25, 0.3) is 21.8 Å². The minimum atomic E-state index is -0.327. The summed E-state index contributed by atoms with van der Waals surface area (Å²) in [5, 5.41) is 4.66. The molecule has 1 aliphatic heterocycles. The van der Waals surface area contributed by atoms with E-state index < -0.39 is 0 Å². The van der Waals surface area contributed by atoms with E-state index in [1.54, 1.807) is 12.4 Å². The number of hydrogen-bond acceptors (Lipinski definition) is 7. The second-order valence-electron chi connectivity index (χ2n) is 7.08. The summed E-state index contributed by atoms with van der Waals surface area (Å²) in [6, 6.07) is 9.39. The molecule has 1 aliphatic rings. The average molecular weight is 434 g/mol. The number of amides is 3. The van der Waals surface area contributed by atoms with Crippen LogP contribution in [0.15, 0.2) is 54.9 Å². The van der Waals surface area contributed by atoms with Crippen LogP contribution >= 0.6 is 0 Å². The van der Waals surface area contributed by atoms with Crippen molar-refractivity contribution in [1.82, 2.24) is 14.9 Å². The van der Waals surface area contributed by atoms with Gasteiger partial charge in [0.1, 0.15) is 0 Å². The molecule has 0 saturated carbocycles. The zero-order valence-corrected chi connectivity index (χ0v) is 17.3. The van der Waals surface area contributed by atoms with Crippen LogP contribution in [-0.4, -0.2) is 65.6 Å². The first-order valence-electron chi connectivity index (χ1n) is 10.2. The number of fused-ring (bicyclic) bond motifs is 3.